The predicted molar refractivity (Wildman–Crippen MR) is 177 cm³/mol. The number of carbonyl (C=O) groups excluding carboxylic acids is 1. The monoisotopic (exact) mass is 628 g/mol. The predicted octanol–water partition coefficient (Wildman–Crippen LogP) is 7.36. The SMILES string of the molecule is CCCCCCCCCCOCCO[C@@H]1[C@@H](OCCOCCCCCCCCCC)CO[C@@H]1COC(=O)C1(C)CCN(C)C1. The van der Waals surface area contributed by atoms with Crippen LogP contribution in [0.3, 0.4) is 0 Å². The first-order chi connectivity index (χ1) is 21.5. The van der Waals surface area contributed by atoms with Crippen LogP contribution in [0.1, 0.15) is 130 Å². The third kappa shape index (κ3) is 17.2. The highest BCUT2D eigenvalue weighted by Gasteiger charge is 2.43. The molecule has 0 aromatic carbocycles. The van der Waals surface area contributed by atoms with E-state index in [1.165, 1.54) is 89.9 Å². The fraction of sp³-hybridized carbons (Fsp3) is 0.972. The first kappa shape index (κ1) is 39.4. The first-order valence-corrected chi connectivity index (χ1v) is 18.4. The Balaban J connectivity index is 1.65. The Kier molecular flexibility index (Phi) is 22.7. The van der Waals surface area contributed by atoms with Crippen LogP contribution in [0.15, 0.2) is 0 Å². The van der Waals surface area contributed by atoms with Crippen molar-refractivity contribution < 1.29 is 33.2 Å². The molecule has 0 aromatic rings. The topological polar surface area (TPSA) is 75.7 Å². The number of carbonyl (C=O) groups is 1. The van der Waals surface area contributed by atoms with Crippen LogP contribution < -0.4 is 0 Å². The highest BCUT2D eigenvalue weighted by molar-refractivity contribution is 5.77. The van der Waals surface area contributed by atoms with Crippen molar-refractivity contribution in [3.8, 4) is 0 Å². The lowest BCUT2D eigenvalue weighted by atomic mass is 9.90. The molecule has 0 aromatic heterocycles. The summed E-state index contributed by atoms with van der Waals surface area (Å²) in [5.41, 5.74) is -0.463. The third-order valence-electron chi connectivity index (χ3n) is 9.13. The van der Waals surface area contributed by atoms with Crippen LogP contribution >= 0.6 is 0 Å². The second-order valence-electron chi connectivity index (χ2n) is 13.4. The summed E-state index contributed by atoms with van der Waals surface area (Å²) in [6.45, 7) is 12.3. The average Bonchev–Trinajstić information content (AvgIpc) is 3.58. The van der Waals surface area contributed by atoms with Crippen molar-refractivity contribution in [2.45, 2.75) is 148 Å². The maximum atomic E-state index is 12.9. The minimum absolute atomic E-state index is 0.156. The van der Waals surface area contributed by atoms with Crippen molar-refractivity contribution in [3.05, 3.63) is 0 Å². The second-order valence-corrected chi connectivity index (χ2v) is 13.4. The van der Waals surface area contributed by atoms with E-state index < -0.39 is 5.41 Å². The fourth-order valence-electron chi connectivity index (χ4n) is 6.22. The number of hydrogen-bond acceptors (Lipinski definition) is 8. The normalized spacial score (nSPS) is 24.0. The van der Waals surface area contributed by atoms with Crippen molar-refractivity contribution >= 4 is 5.97 Å². The van der Waals surface area contributed by atoms with Gasteiger partial charge in [-0.05, 0) is 39.8 Å². The van der Waals surface area contributed by atoms with Crippen molar-refractivity contribution in [3.63, 3.8) is 0 Å². The summed E-state index contributed by atoms with van der Waals surface area (Å²) in [5, 5.41) is 0. The summed E-state index contributed by atoms with van der Waals surface area (Å²) < 4.78 is 35.9. The van der Waals surface area contributed by atoms with Crippen LogP contribution in [0.2, 0.25) is 0 Å². The standard InChI is InChI=1S/C36H69NO7/c1-5-7-9-11-13-15-17-19-23-39-25-27-41-32-29-43-33(30-44-35(38)36(3)21-22-37(4)31-36)34(32)42-28-26-40-24-20-18-16-14-12-10-8-6-2/h32-34H,5-31H2,1-4H3/t32-,33+,34+,36?/m0/s1. The van der Waals surface area contributed by atoms with E-state index in [1.807, 2.05) is 14.0 Å². The molecule has 2 fully saturated rings. The zero-order valence-electron chi connectivity index (χ0n) is 29.1. The molecule has 2 aliphatic heterocycles. The van der Waals surface area contributed by atoms with Gasteiger partial charge >= 0.3 is 5.97 Å². The molecule has 0 saturated carbocycles. The quantitative estimate of drug-likeness (QED) is 0.0629. The van der Waals surface area contributed by atoms with E-state index in [0.717, 1.165) is 45.6 Å². The minimum atomic E-state index is -0.463. The van der Waals surface area contributed by atoms with E-state index in [9.17, 15) is 4.79 Å². The number of hydrogen-bond donors (Lipinski definition) is 0. The highest BCUT2D eigenvalue weighted by Crippen LogP contribution is 2.31. The van der Waals surface area contributed by atoms with Gasteiger partial charge in [-0.2, -0.15) is 0 Å². The number of likely N-dealkylation sites (tertiary alicyclic amines) is 1. The third-order valence-corrected chi connectivity index (χ3v) is 9.13. The van der Waals surface area contributed by atoms with Gasteiger partial charge in [0.25, 0.3) is 0 Å². The van der Waals surface area contributed by atoms with E-state index in [-0.39, 0.29) is 30.9 Å². The lowest BCUT2D eigenvalue weighted by molar-refractivity contribution is -0.160. The van der Waals surface area contributed by atoms with Gasteiger partial charge in [0.15, 0.2) is 0 Å². The van der Waals surface area contributed by atoms with Gasteiger partial charge in [-0.1, -0.05) is 104 Å². The molecule has 2 rings (SSSR count). The molecule has 0 N–H and O–H groups in total. The number of rotatable bonds is 29. The molecule has 260 valence electrons. The number of nitrogens with zero attached hydrogens (tertiary/aromatic N) is 1. The molecule has 1 unspecified atom stereocenters. The van der Waals surface area contributed by atoms with Crippen LogP contribution in [0.25, 0.3) is 0 Å². The summed E-state index contributed by atoms with van der Waals surface area (Å²) in [7, 11) is 2.04. The van der Waals surface area contributed by atoms with Gasteiger partial charge in [0.05, 0.1) is 38.4 Å². The molecule has 2 saturated heterocycles. The molecule has 4 atom stereocenters. The van der Waals surface area contributed by atoms with Crippen molar-refractivity contribution in [2.75, 3.05) is 73.0 Å². The van der Waals surface area contributed by atoms with Gasteiger partial charge < -0.3 is 33.3 Å². The summed E-state index contributed by atoms with van der Waals surface area (Å²) >= 11 is 0. The molecule has 2 aliphatic rings. The van der Waals surface area contributed by atoms with Gasteiger partial charge in [0.1, 0.15) is 24.9 Å². The molecule has 0 amide bonds. The number of ether oxygens (including phenoxy) is 6. The molecule has 0 aliphatic carbocycles. The van der Waals surface area contributed by atoms with Gasteiger partial charge in [-0.15, -0.1) is 0 Å². The second kappa shape index (κ2) is 25.3. The maximum absolute atomic E-state index is 12.9. The lowest BCUT2D eigenvalue weighted by Gasteiger charge is -2.26. The van der Waals surface area contributed by atoms with Gasteiger partial charge in [0, 0.05) is 19.8 Å². The Morgan fingerprint density at radius 2 is 1.25 bits per heavy atom. The van der Waals surface area contributed by atoms with Gasteiger partial charge in [-0.3, -0.25) is 4.79 Å². The Labute approximate surface area is 270 Å². The van der Waals surface area contributed by atoms with Crippen LogP contribution in [0, 0.1) is 5.41 Å². The van der Waals surface area contributed by atoms with E-state index >= 15 is 0 Å². The zero-order valence-corrected chi connectivity index (χ0v) is 29.1. The fourth-order valence-corrected chi connectivity index (χ4v) is 6.22. The number of unbranched alkanes of at least 4 members (excludes halogenated alkanes) is 14. The molecular formula is C36H69NO7. The summed E-state index contributed by atoms with van der Waals surface area (Å²) in [6.07, 6.45) is 20.6. The summed E-state index contributed by atoms with van der Waals surface area (Å²) in [6, 6.07) is 0. The van der Waals surface area contributed by atoms with Crippen molar-refractivity contribution in [2.24, 2.45) is 5.41 Å². The molecule has 8 heteroatoms. The zero-order chi connectivity index (χ0) is 31.7. The molecular weight excluding hydrogens is 558 g/mol. The molecule has 0 spiro atoms. The van der Waals surface area contributed by atoms with Crippen LogP contribution in [0.4, 0.5) is 0 Å². The summed E-state index contributed by atoms with van der Waals surface area (Å²) in [4.78, 5) is 15.1. The molecule has 8 nitrogen and oxygen atoms in total. The smallest absolute Gasteiger partial charge is 0.313 e. The van der Waals surface area contributed by atoms with E-state index in [4.69, 9.17) is 28.4 Å². The van der Waals surface area contributed by atoms with Gasteiger partial charge in [-0.25, -0.2) is 0 Å². The Morgan fingerprint density at radius 3 is 1.77 bits per heavy atom. The maximum Gasteiger partial charge on any atom is 0.313 e. The Bertz CT molecular complexity index is 695. The Morgan fingerprint density at radius 1 is 0.727 bits per heavy atom. The van der Waals surface area contributed by atoms with Crippen LogP contribution in [0.5, 0.6) is 0 Å². The van der Waals surface area contributed by atoms with Crippen molar-refractivity contribution in [1.29, 1.82) is 0 Å². The Hall–Kier alpha value is -0.770. The largest absolute Gasteiger partial charge is 0.462 e. The van der Waals surface area contributed by atoms with Crippen LogP contribution in [-0.2, 0) is 33.2 Å². The minimum Gasteiger partial charge on any atom is -0.462 e. The lowest BCUT2D eigenvalue weighted by Crippen LogP contribution is -2.40. The van der Waals surface area contributed by atoms with Crippen molar-refractivity contribution in [1.82, 2.24) is 4.90 Å². The molecule has 2 heterocycles. The molecule has 0 radical (unpaired) electrons. The van der Waals surface area contributed by atoms with E-state index in [0.29, 0.717) is 33.0 Å². The van der Waals surface area contributed by atoms with E-state index in [1.54, 1.807) is 0 Å². The van der Waals surface area contributed by atoms with Gasteiger partial charge in [0.2, 0.25) is 0 Å². The summed E-state index contributed by atoms with van der Waals surface area (Å²) in [5.74, 6) is -0.156. The molecule has 44 heavy (non-hydrogen) atoms. The van der Waals surface area contributed by atoms with Crippen LogP contribution in [-0.4, -0.2) is 102 Å². The molecule has 0 bridgehead atoms. The average molecular weight is 628 g/mol. The first-order valence-electron chi connectivity index (χ1n) is 18.4. The number of esters is 1. The highest BCUT2D eigenvalue weighted by atomic mass is 16.6. The van der Waals surface area contributed by atoms with E-state index in [2.05, 4.69) is 18.7 Å².